The van der Waals surface area contributed by atoms with Crippen LogP contribution in [0.4, 0.5) is 0 Å². The van der Waals surface area contributed by atoms with Gasteiger partial charge in [0.1, 0.15) is 0 Å². The van der Waals surface area contributed by atoms with E-state index >= 15 is 0 Å². The minimum Gasteiger partial charge on any atom is -0.352 e. The van der Waals surface area contributed by atoms with Crippen LogP contribution < -0.4 is 5.32 Å². The van der Waals surface area contributed by atoms with Gasteiger partial charge in [-0.3, -0.25) is 14.6 Å². The van der Waals surface area contributed by atoms with Gasteiger partial charge in [-0.1, -0.05) is 23.8 Å². The lowest BCUT2D eigenvalue weighted by Crippen LogP contribution is -2.31. The number of aryl methyl sites for hydroxylation is 1. The molecule has 26 heavy (non-hydrogen) atoms. The number of aromatic nitrogens is 1. The fourth-order valence-electron chi connectivity index (χ4n) is 4.01. The molecule has 2 heterocycles. The van der Waals surface area contributed by atoms with Crippen LogP contribution in [-0.4, -0.2) is 34.8 Å². The Kier molecular flexibility index (Phi) is 4.23. The summed E-state index contributed by atoms with van der Waals surface area (Å²) in [4.78, 5) is 31.2. The van der Waals surface area contributed by atoms with E-state index in [2.05, 4.69) is 10.3 Å². The molecule has 1 aromatic heterocycles. The van der Waals surface area contributed by atoms with Crippen molar-refractivity contribution in [2.24, 2.45) is 11.3 Å². The van der Waals surface area contributed by atoms with Crippen LogP contribution >= 0.6 is 0 Å². The van der Waals surface area contributed by atoms with Crippen LogP contribution in [0.2, 0.25) is 0 Å². The molecule has 1 aliphatic carbocycles. The highest BCUT2D eigenvalue weighted by Crippen LogP contribution is 2.58. The third-order valence-electron chi connectivity index (χ3n) is 5.63. The molecular formula is C21H23N3O2. The van der Waals surface area contributed by atoms with Crippen molar-refractivity contribution in [3.8, 4) is 0 Å². The Bertz CT molecular complexity index is 836. The lowest BCUT2D eigenvalue weighted by Gasteiger charge is -2.17. The summed E-state index contributed by atoms with van der Waals surface area (Å²) in [5.74, 6) is 0.195. The maximum atomic E-state index is 12.7. The fraction of sp³-hybridized carbons (Fsp3) is 0.381. The zero-order valence-corrected chi connectivity index (χ0v) is 14.9. The highest BCUT2D eigenvalue weighted by atomic mass is 16.2. The van der Waals surface area contributed by atoms with Gasteiger partial charge in [0.2, 0.25) is 5.91 Å². The molecular weight excluding hydrogens is 326 g/mol. The summed E-state index contributed by atoms with van der Waals surface area (Å²) >= 11 is 0. The first-order valence-electron chi connectivity index (χ1n) is 9.10. The number of benzene rings is 1. The van der Waals surface area contributed by atoms with Crippen LogP contribution in [0, 0.1) is 18.3 Å². The molecule has 2 aliphatic rings. The number of likely N-dealkylation sites (tertiary alicyclic amines) is 1. The number of carbonyl (C=O) groups is 2. The van der Waals surface area contributed by atoms with Crippen LogP contribution in [0.3, 0.4) is 0 Å². The molecule has 4 rings (SSSR count). The van der Waals surface area contributed by atoms with Gasteiger partial charge in [-0.15, -0.1) is 0 Å². The van der Waals surface area contributed by atoms with Crippen molar-refractivity contribution in [3.05, 3.63) is 65.5 Å². The average molecular weight is 349 g/mol. The van der Waals surface area contributed by atoms with Gasteiger partial charge in [0.25, 0.3) is 5.91 Å². The Morgan fingerprint density at radius 1 is 1.31 bits per heavy atom. The topological polar surface area (TPSA) is 62.3 Å². The number of nitrogens with one attached hydrogen (secondary N) is 1. The molecule has 0 bridgehead atoms. The number of nitrogens with zero attached hydrogens (tertiary/aromatic N) is 2. The number of hydrogen-bond acceptors (Lipinski definition) is 3. The van der Waals surface area contributed by atoms with Gasteiger partial charge in [0.15, 0.2) is 0 Å². The molecule has 1 spiro atoms. The van der Waals surface area contributed by atoms with Crippen LogP contribution in [0.5, 0.6) is 0 Å². The largest absolute Gasteiger partial charge is 0.352 e. The average Bonchev–Trinajstić information content (AvgIpc) is 3.20. The molecule has 5 heteroatoms. The lowest BCUT2D eigenvalue weighted by atomic mass is 10.0. The second-order valence-electron chi connectivity index (χ2n) is 7.54. The Morgan fingerprint density at radius 3 is 2.96 bits per heavy atom. The standard InChI is InChI=1S/C21H23N3O2/c1-15-4-2-6-17(10-15)20(26)24-9-7-21(14-24)11-18(21)19(25)23-13-16-5-3-8-22-12-16/h2-6,8,10,12,18H,7,9,11,13-14H2,1H3,(H,23,25)/t18-,21+/m1/s1. The van der Waals surface area contributed by atoms with Crippen molar-refractivity contribution < 1.29 is 9.59 Å². The third-order valence-corrected chi connectivity index (χ3v) is 5.63. The van der Waals surface area contributed by atoms with Gasteiger partial charge < -0.3 is 10.2 Å². The first kappa shape index (κ1) is 16.8. The smallest absolute Gasteiger partial charge is 0.253 e. The maximum absolute atomic E-state index is 12.7. The fourth-order valence-corrected chi connectivity index (χ4v) is 4.01. The molecule has 1 aromatic carbocycles. The number of amides is 2. The van der Waals surface area contributed by atoms with Crippen molar-refractivity contribution in [1.29, 1.82) is 0 Å². The second kappa shape index (κ2) is 6.56. The zero-order chi connectivity index (χ0) is 18.1. The Labute approximate surface area is 153 Å². The summed E-state index contributed by atoms with van der Waals surface area (Å²) in [6, 6.07) is 11.5. The van der Waals surface area contributed by atoms with E-state index < -0.39 is 0 Å². The molecule has 2 fully saturated rings. The van der Waals surface area contributed by atoms with Gasteiger partial charge >= 0.3 is 0 Å². The van der Waals surface area contributed by atoms with E-state index in [-0.39, 0.29) is 23.1 Å². The van der Waals surface area contributed by atoms with E-state index in [0.29, 0.717) is 13.1 Å². The Hall–Kier alpha value is -2.69. The van der Waals surface area contributed by atoms with Crippen molar-refractivity contribution in [1.82, 2.24) is 15.2 Å². The van der Waals surface area contributed by atoms with Gasteiger partial charge in [0.05, 0.1) is 0 Å². The molecule has 1 saturated heterocycles. The van der Waals surface area contributed by atoms with E-state index in [1.54, 1.807) is 12.4 Å². The van der Waals surface area contributed by atoms with Crippen molar-refractivity contribution in [2.75, 3.05) is 13.1 Å². The summed E-state index contributed by atoms with van der Waals surface area (Å²) < 4.78 is 0. The predicted octanol–water partition coefficient (Wildman–Crippen LogP) is 2.56. The number of hydrogen-bond donors (Lipinski definition) is 1. The monoisotopic (exact) mass is 349 g/mol. The summed E-state index contributed by atoms with van der Waals surface area (Å²) in [7, 11) is 0. The minimum absolute atomic E-state index is 0.0154. The second-order valence-corrected chi connectivity index (χ2v) is 7.54. The Morgan fingerprint density at radius 2 is 2.19 bits per heavy atom. The van der Waals surface area contributed by atoms with E-state index in [4.69, 9.17) is 0 Å². The van der Waals surface area contributed by atoms with Crippen LogP contribution in [0.25, 0.3) is 0 Å². The highest BCUT2D eigenvalue weighted by Gasteiger charge is 2.61. The summed E-state index contributed by atoms with van der Waals surface area (Å²) in [5.41, 5.74) is 2.81. The quantitative estimate of drug-likeness (QED) is 0.923. The molecule has 1 saturated carbocycles. The molecule has 1 N–H and O–H groups in total. The molecule has 1 aliphatic heterocycles. The maximum Gasteiger partial charge on any atom is 0.253 e. The van der Waals surface area contributed by atoms with Crippen molar-refractivity contribution in [2.45, 2.75) is 26.3 Å². The molecule has 2 atom stereocenters. The van der Waals surface area contributed by atoms with Crippen LogP contribution in [0.15, 0.2) is 48.8 Å². The molecule has 134 valence electrons. The van der Waals surface area contributed by atoms with Gasteiger partial charge in [-0.05, 0) is 43.5 Å². The van der Waals surface area contributed by atoms with Crippen molar-refractivity contribution in [3.63, 3.8) is 0 Å². The first-order chi connectivity index (χ1) is 12.6. The summed E-state index contributed by atoms with van der Waals surface area (Å²) in [6.07, 6.45) is 5.28. The number of rotatable bonds is 4. The Balaban J connectivity index is 1.34. The van der Waals surface area contributed by atoms with Crippen LogP contribution in [0.1, 0.15) is 34.3 Å². The van der Waals surface area contributed by atoms with Gasteiger partial charge in [-0.25, -0.2) is 0 Å². The van der Waals surface area contributed by atoms with E-state index in [0.717, 1.165) is 36.1 Å². The lowest BCUT2D eigenvalue weighted by molar-refractivity contribution is -0.123. The first-order valence-corrected chi connectivity index (χ1v) is 9.10. The highest BCUT2D eigenvalue weighted by molar-refractivity contribution is 5.95. The van der Waals surface area contributed by atoms with Crippen molar-refractivity contribution >= 4 is 11.8 Å². The summed E-state index contributed by atoms with van der Waals surface area (Å²) in [6.45, 7) is 3.92. The molecule has 0 unspecified atom stereocenters. The normalized spacial score (nSPS) is 23.9. The predicted molar refractivity (Wildman–Crippen MR) is 98.3 cm³/mol. The zero-order valence-electron chi connectivity index (χ0n) is 14.9. The SMILES string of the molecule is Cc1cccc(C(=O)N2CC[C@]3(C[C@@H]3C(=O)NCc3cccnc3)C2)c1. The number of pyridine rings is 1. The van der Waals surface area contributed by atoms with Gasteiger partial charge in [0, 0.05) is 48.9 Å². The molecule has 2 amide bonds. The molecule has 5 nitrogen and oxygen atoms in total. The van der Waals surface area contributed by atoms with E-state index in [1.807, 2.05) is 48.2 Å². The van der Waals surface area contributed by atoms with E-state index in [9.17, 15) is 9.59 Å². The van der Waals surface area contributed by atoms with E-state index in [1.165, 1.54) is 0 Å². The molecule has 2 aromatic rings. The minimum atomic E-state index is -0.0154. The van der Waals surface area contributed by atoms with Crippen LogP contribution in [-0.2, 0) is 11.3 Å². The number of carbonyl (C=O) groups excluding carboxylic acids is 2. The third kappa shape index (κ3) is 3.21. The van der Waals surface area contributed by atoms with Gasteiger partial charge in [-0.2, -0.15) is 0 Å². The summed E-state index contributed by atoms with van der Waals surface area (Å²) in [5, 5.41) is 3.01. The molecule has 0 radical (unpaired) electrons.